The molecule has 0 N–H and O–H groups in total. The van der Waals surface area contributed by atoms with Crippen LogP contribution in [-0.4, -0.2) is 40.5 Å². The van der Waals surface area contributed by atoms with Gasteiger partial charge in [0, 0.05) is 17.9 Å². The van der Waals surface area contributed by atoms with Gasteiger partial charge in [0.1, 0.15) is 5.03 Å². The molecule has 0 saturated carbocycles. The SMILES string of the molecule is Cc1ccc(-c2ccc(SCCN3CCCCC3)nn2)c(C)c1. The van der Waals surface area contributed by atoms with Crippen molar-refractivity contribution >= 4 is 11.8 Å². The van der Waals surface area contributed by atoms with Crippen molar-refractivity contribution in [2.45, 2.75) is 38.1 Å². The molecule has 3 nitrogen and oxygen atoms in total. The summed E-state index contributed by atoms with van der Waals surface area (Å²) in [4.78, 5) is 2.56. The van der Waals surface area contributed by atoms with Crippen LogP contribution in [0.3, 0.4) is 0 Å². The lowest BCUT2D eigenvalue weighted by atomic mass is 10.0. The first-order chi connectivity index (χ1) is 11.2. The van der Waals surface area contributed by atoms with Gasteiger partial charge in [-0.3, -0.25) is 0 Å². The average Bonchev–Trinajstić information content (AvgIpc) is 2.57. The van der Waals surface area contributed by atoms with Gasteiger partial charge in [0.15, 0.2) is 0 Å². The molecule has 0 spiro atoms. The van der Waals surface area contributed by atoms with E-state index in [1.807, 2.05) is 11.8 Å². The second-order valence-corrected chi connectivity index (χ2v) is 7.44. The second-order valence-electron chi connectivity index (χ2n) is 6.33. The summed E-state index contributed by atoms with van der Waals surface area (Å²) in [5.74, 6) is 1.09. The molecule has 0 radical (unpaired) electrons. The highest BCUT2D eigenvalue weighted by atomic mass is 32.2. The van der Waals surface area contributed by atoms with Gasteiger partial charge in [0.25, 0.3) is 0 Å². The number of piperidine rings is 1. The smallest absolute Gasteiger partial charge is 0.119 e. The molecule has 23 heavy (non-hydrogen) atoms. The number of likely N-dealkylation sites (tertiary alicyclic amines) is 1. The normalized spacial score (nSPS) is 15.7. The van der Waals surface area contributed by atoms with E-state index in [4.69, 9.17) is 0 Å². The van der Waals surface area contributed by atoms with Crippen LogP contribution in [0.4, 0.5) is 0 Å². The molecule has 0 atom stereocenters. The third-order valence-corrected chi connectivity index (χ3v) is 5.30. The Morgan fingerprint density at radius 1 is 1.00 bits per heavy atom. The highest BCUT2D eigenvalue weighted by molar-refractivity contribution is 7.99. The molecule has 1 aliphatic heterocycles. The molecule has 0 aliphatic carbocycles. The first-order valence-corrected chi connectivity index (χ1v) is 9.47. The zero-order valence-electron chi connectivity index (χ0n) is 14.1. The largest absolute Gasteiger partial charge is 0.303 e. The van der Waals surface area contributed by atoms with Gasteiger partial charge >= 0.3 is 0 Å². The lowest BCUT2D eigenvalue weighted by molar-refractivity contribution is 0.242. The number of hydrogen-bond acceptors (Lipinski definition) is 4. The molecular formula is C19H25N3S. The van der Waals surface area contributed by atoms with E-state index in [2.05, 4.69) is 59.3 Å². The molecule has 1 aromatic carbocycles. The Hall–Kier alpha value is -1.39. The Morgan fingerprint density at radius 3 is 2.52 bits per heavy atom. The monoisotopic (exact) mass is 327 g/mol. The highest BCUT2D eigenvalue weighted by Gasteiger charge is 2.10. The Morgan fingerprint density at radius 2 is 1.83 bits per heavy atom. The molecule has 1 saturated heterocycles. The molecular weight excluding hydrogens is 302 g/mol. The summed E-state index contributed by atoms with van der Waals surface area (Å²) in [7, 11) is 0. The van der Waals surface area contributed by atoms with Gasteiger partial charge in [-0.05, 0) is 57.5 Å². The van der Waals surface area contributed by atoms with Crippen molar-refractivity contribution in [3.05, 3.63) is 41.5 Å². The molecule has 0 amide bonds. The molecule has 0 unspecified atom stereocenters. The first kappa shape index (κ1) is 16.5. The first-order valence-electron chi connectivity index (χ1n) is 8.49. The minimum Gasteiger partial charge on any atom is -0.303 e. The fourth-order valence-corrected chi connectivity index (χ4v) is 3.93. The van der Waals surface area contributed by atoms with Crippen LogP contribution < -0.4 is 0 Å². The summed E-state index contributed by atoms with van der Waals surface area (Å²) in [5, 5.41) is 9.84. The van der Waals surface area contributed by atoms with Crippen molar-refractivity contribution in [1.29, 1.82) is 0 Å². The van der Waals surface area contributed by atoms with Crippen LogP contribution in [0, 0.1) is 13.8 Å². The topological polar surface area (TPSA) is 29.0 Å². The molecule has 1 aromatic heterocycles. The maximum absolute atomic E-state index is 4.42. The number of aromatic nitrogens is 2. The van der Waals surface area contributed by atoms with Crippen molar-refractivity contribution in [3.63, 3.8) is 0 Å². The summed E-state index contributed by atoms with van der Waals surface area (Å²) in [6.07, 6.45) is 4.11. The average molecular weight is 327 g/mol. The Labute approximate surface area is 143 Å². The van der Waals surface area contributed by atoms with E-state index in [0.717, 1.165) is 23.0 Å². The fourth-order valence-electron chi connectivity index (χ4n) is 3.10. The standard InChI is InChI=1S/C19H25N3S/c1-15-6-7-17(16(2)14-15)18-8-9-19(21-20-18)23-13-12-22-10-4-3-5-11-22/h6-9,14H,3-5,10-13H2,1-2H3. The minimum atomic E-state index is 0.961. The predicted molar refractivity (Wildman–Crippen MR) is 98.0 cm³/mol. The van der Waals surface area contributed by atoms with Crippen LogP contribution in [0.5, 0.6) is 0 Å². The number of nitrogens with zero attached hydrogens (tertiary/aromatic N) is 3. The van der Waals surface area contributed by atoms with E-state index in [1.165, 1.54) is 49.0 Å². The predicted octanol–water partition coefficient (Wildman–Crippen LogP) is 4.34. The number of thioether (sulfide) groups is 1. The zero-order valence-corrected chi connectivity index (χ0v) is 14.9. The van der Waals surface area contributed by atoms with Crippen LogP contribution in [0.1, 0.15) is 30.4 Å². The minimum absolute atomic E-state index is 0.961. The number of benzene rings is 1. The maximum atomic E-state index is 4.42. The summed E-state index contributed by atoms with van der Waals surface area (Å²) in [6.45, 7) is 7.93. The van der Waals surface area contributed by atoms with Gasteiger partial charge in [-0.15, -0.1) is 22.0 Å². The summed E-state index contributed by atoms with van der Waals surface area (Å²) in [5.41, 5.74) is 4.67. The van der Waals surface area contributed by atoms with Gasteiger partial charge in [0.2, 0.25) is 0 Å². The van der Waals surface area contributed by atoms with Gasteiger partial charge in [-0.25, -0.2) is 0 Å². The van der Waals surface area contributed by atoms with Gasteiger partial charge in [-0.2, -0.15) is 0 Å². The van der Waals surface area contributed by atoms with E-state index in [9.17, 15) is 0 Å². The van der Waals surface area contributed by atoms with Crippen LogP contribution in [0.25, 0.3) is 11.3 Å². The van der Waals surface area contributed by atoms with E-state index < -0.39 is 0 Å². The molecule has 2 aromatic rings. The van der Waals surface area contributed by atoms with Crippen molar-refractivity contribution in [3.8, 4) is 11.3 Å². The lowest BCUT2D eigenvalue weighted by Crippen LogP contribution is -2.31. The van der Waals surface area contributed by atoms with Crippen LogP contribution in [0.15, 0.2) is 35.4 Å². The quantitative estimate of drug-likeness (QED) is 0.764. The number of aryl methyl sites for hydroxylation is 2. The Kier molecular flexibility index (Phi) is 5.68. The van der Waals surface area contributed by atoms with Gasteiger partial charge in [-0.1, -0.05) is 30.2 Å². The molecule has 0 bridgehead atoms. The Bertz CT molecular complexity index is 634. The molecule has 2 heterocycles. The molecule has 4 heteroatoms. The molecule has 1 aliphatic rings. The number of rotatable bonds is 5. The van der Waals surface area contributed by atoms with E-state index >= 15 is 0 Å². The second kappa shape index (κ2) is 7.93. The van der Waals surface area contributed by atoms with E-state index in [-0.39, 0.29) is 0 Å². The third kappa shape index (κ3) is 4.55. The Balaban J connectivity index is 1.56. The molecule has 3 rings (SSSR count). The molecule has 122 valence electrons. The summed E-state index contributed by atoms with van der Waals surface area (Å²) < 4.78 is 0. The van der Waals surface area contributed by atoms with Gasteiger partial charge in [0.05, 0.1) is 5.69 Å². The van der Waals surface area contributed by atoms with E-state index in [0.29, 0.717) is 0 Å². The van der Waals surface area contributed by atoms with Crippen molar-refractivity contribution in [2.24, 2.45) is 0 Å². The highest BCUT2D eigenvalue weighted by Crippen LogP contribution is 2.23. The van der Waals surface area contributed by atoms with Crippen molar-refractivity contribution in [2.75, 3.05) is 25.4 Å². The van der Waals surface area contributed by atoms with E-state index in [1.54, 1.807) is 0 Å². The third-order valence-electron chi connectivity index (χ3n) is 4.40. The zero-order chi connectivity index (χ0) is 16.1. The number of hydrogen-bond donors (Lipinski definition) is 0. The van der Waals surface area contributed by atoms with Crippen LogP contribution in [0.2, 0.25) is 0 Å². The maximum Gasteiger partial charge on any atom is 0.119 e. The summed E-state index contributed by atoms with van der Waals surface area (Å²) in [6, 6.07) is 10.7. The van der Waals surface area contributed by atoms with Gasteiger partial charge < -0.3 is 4.90 Å². The van der Waals surface area contributed by atoms with Crippen molar-refractivity contribution < 1.29 is 0 Å². The van der Waals surface area contributed by atoms with Crippen LogP contribution in [-0.2, 0) is 0 Å². The van der Waals surface area contributed by atoms with Crippen molar-refractivity contribution in [1.82, 2.24) is 15.1 Å². The fraction of sp³-hybridized carbons (Fsp3) is 0.474. The lowest BCUT2D eigenvalue weighted by Gasteiger charge is -2.25. The molecule has 1 fully saturated rings. The summed E-state index contributed by atoms with van der Waals surface area (Å²) >= 11 is 1.81. The van der Waals surface area contributed by atoms with Crippen LogP contribution >= 0.6 is 11.8 Å².